The van der Waals surface area contributed by atoms with E-state index in [4.69, 9.17) is 16.6 Å². The summed E-state index contributed by atoms with van der Waals surface area (Å²) in [5, 5.41) is 11.4. The minimum absolute atomic E-state index is 0.00635. The number of rotatable bonds is 7. The summed E-state index contributed by atoms with van der Waals surface area (Å²) >= 11 is 0. The van der Waals surface area contributed by atoms with Gasteiger partial charge in [0, 0.05) is 6.42 Å². The second kappa shape index (κ2) is 6.91. The van der Waals surface area contributed by atoms with E-state index >= 15 is 0 Å². The second-order valence-electron chi connectivity index (χ2n) is 3.52. The van der Waals surface area contributed by atoms with Crippen LogP contribution in [0.1, 0.15) is 19.8 Å². The summed E-state index contributed by atoms with van der Waals surface area (Å²) in [6.45, 7) is 1.36. The summed E-state index contributed by atoms with van der Waals surface area (Å²) < 4.78 is 0. The highest BCUT2D eigenvalue weighted by Gasteiger charge is 2.21. The van der Waals surface area contributed by atoms with E-state index in [9.17, 15) is 14.4 Å². The molecule has 0 aromatic rings. The van der Waals surface area contributed by atoms with Gasteiger partial charge in [-0.3, -0.25) is 9.59 Å². The predicted molar refractivity (Wildman–Crippen MR) is 56.1 cm³/mol. The first-order chi connectivity index (χ1) is 7.38. The molecule has 0 fully saturated rings. The van der Waals surface area contributed by atoms with Gasteiger partial charge in [-0.25, -0.2) is 0 Å². The van der Waals surface area contributed by atoms with Gasteiger partial charge >= 0.3 is 0 Å². The molecule has 0 radical (unpaired) electrons. The molecule has 0 aliphatic heterocycles. The average molecular weight is 231 g/mol. The molecular formula is C9H17N3O4. The Bertz CT molecular complexity index is 267. The van der Waals surface area contributed by atoms with Crippen LogP contribution in [0.25, 0.3) is 0 Å². The molecular weight excluding hydrogens is 214 g/mol. The van der Waals surface area contributed by atoms with Gasteiger partial charge in [0.05, 0.1) is 12.1 Å². The van der Waals surface area contributed by atoms with Crippen molar-refractivity contribution in [3.63, 3.8) is 0 Å². The topological polar surface area (TPSA) is 136 Å². The van der Waals surface area contributed by atoms with Gasteiger partial charge in [-0.05, 0) is 13.3 Å². The molecule has 0 saturated heterocycles. The van der Waals surface area contributed by atoms with Crippen molar-refractivity contribution in [1.29, 1.82) is 0 Å². The zero-order chi connectivity index (χ0) is 12.7. The Hall–Kier alpha value is -1.47. The van der Waals surface area contributed by atoms with Crippen LogP contribution in [0, 0.1) is 0 Å². The highest BCUT2D eigenvalue weighted by molar-refractivity contribution is 5.85. The summed E-state index contributed by atoms with van der Waals surface area (Å²) in [5.74, 6) is -1.20. The fourth-order valence-electron chi connectivity index (χ4n) is 0.970. The number of aliphatic hydroxyl groups excluding tert-OH is 1. The number of hydrogen-bond acceptors (Lipinski definition) is 5. The van der Waals surface area contributed by atoms with E-state index in [0.29, 0.717) is 6.29 Å². The van der Waals surface area contributed by atoms with Gasteiger partial charge < -0.3 is 26.7 Å². The van der Waals surface area contributed by atoms with E-state index in [2.05, 4.69) is 5.32 Å². The summed E-state index contributed by atoms with van der Waals surface area (Å²) in [5.41, 5.74) is 10.3. The molecule has 0 bridgehead atoms. The second-order valence-corrected chi connectivity index (χ2v) is 3.52. The van der Waals surface area contributed by atoms with Crippen LogP contribution < -0.4 is 16.8 Å². The summed E-state index contributed by atoms with van der Waals surface area (Å²) in [7, 11) is 0. The van der Waals surface area contributed by atoms with Crippen molar-refractivity contribution in [3.8, 4) is 0 Å². The molecule has 7 heteroatoms. The molecule has 2 amide bonds. The molecule has 0 aliphatic rings. The van der Waals surface area contributed by atoms with Crippen LogP contribution in [0.15, 0.2) is 0 Å². The van der Waals surface area contributed by atoms with Crippen LogP contribution in [0.5, 0.6) is 0 Å². The SMILES string of the molecule is C[C@@H](O)[C@H](N)C(=O)N[C@H](C=O)CCC(N)=O. The van der Waals surface area contributed by atoms with E-state index in [0.717, 1.165) is 0 Å². The van der Waals surface area contributed by atoms with Crippen molar-refractivity contribution in [2.24, 2.45) is 11.5 Å². The Morgan fingerprint density at radius 3 is 2.44 bits per heavy atom. The Labute approximate surface area is 93.2 Å². The normalized spacial score (nSPS) is 15.9. The number of carbonyl (C=O) groups is 3. The summed E-state index contributed by atoms with van der Waals surface area (Å²) in [6, 6.07) is -1.92. The van der Waals surface area contributed by atoms with Crippen molar-refractivity contribution in [3.05, 3.63) is 0 Å². The summed E-state index contributed by atoms with van der Waals surface area (Å²) in [4.78, 5) is 32.4. The minimum Gasteiger partial charge on any atom is -0.391 e. The molecule has 0 saturated carbocycles. The van der Waals surface area contributed by atoms with Crippen LogP contribution in [-0.4, -0.2) is 41.4 Å². The predicted octanol–water partition coefficient (Wildman–Crippen LogP) is -2.36. The zero-order valence-electron chi connectivity index (χ0n) is 9.05. The number of nitrogens with one attached hydrogen (secondary N) is 1. The van der Waals surface area contributed by atoms with Crippen LogP contribution in [0.2, 0.25) is 0 Å². The number of aldehydes is 1. The molecule has 0 aliphatic carbocycles. The van der Waals surface area contributed by atoms with Crippen molar-refractivity contribution in [2.75, 3.05) is 0 Å². The van der Waals surface area contributed by atoms with Gasteiger partial charge in [-0.2, -0.15) is 0 Å². The Morgan fingerprint density at radius 2 is 2.06 bits per heavy atom. The number of aliphatic hydroxyl groups is 1. The Balaban J connectivity index is 4.16. The van der Waals surface area contributed by atoms with E-state index in [1.54, 1.807) is 0 Å². The lowest BCUT2D eigenvalue weighted by atomic mass is 10.1. The van der Waals surface area contributed by atoms with Gasteiger partial charge in [0.2, 0.25) is 11.8 Å². The molecule has 0 aromatic carbocycles. The van der Waals surface area contributed by atoms with Gasteiger partial charge in [-0.15, -0.1) is 0 Å². The third-order valence-corrected chi connectivity index (χ3v) is 2.02. The number of primary amides is 1. The lowest BCUT2D eigenvalue weighted by Crippen LogP contribution is -2.50. The molecule has 0 aromatic heterocycles. The van der Waals surface area contributed by atoms with E-state index in [-0.39, 0.29) is 12.8 Å². The molecule has 0 spiro atoms. The molecule has 92 valence electrons. The monoisotopic (exact) mass is 231 g/mol. The van der Waals surface area contributed by atoms with Gasteiger partial charge in [0.1, 0.15) is 12.3 Å². The van der Waals surface area contributed by atoms with E-state index < -0.39 is 30.0 Å². The van der Waals surface area contributed by atoms with Crippen LogP contribution in [-0.2, 0) is 14.4 Å². The Kier molecular flexibility index (Phi) is 6.28. The molecule has 0 unspecified atom stereocenters. The smallest absolute Gasteiger partial charge is 0.240 e. The van der Waals surface area contributed by atoms with Gasteiger partial charge in [0.25, 0.3) is 0 Å². The lowest BCUT2D eigenvalue weighted by Gasteiger charge is -2.17. The maximum atomic E-state index is 11.3. The molecule has 3 atom stereocenters. The first-order valence-corrected chi connectivity index (χ1v) is 4.86. The molecule has 0 rings (SSSR count). The third kappa shape index (κ3) is 5.42. The molecule has 7 nitrogen and oxygen atoms in total. The van der Waals surface area contributed by atoms with Crippen molar-refractivity contribution in [1.82, 2.24) is 5.32 Å². The highest BCUT2D eigenvalue weighted by atomic mass is 16.3. The Morgan fingerprint density at radius 1 is 1.50 bits per heavy atom. The summed E-state index contributed by atoms with van der Waals surface area (Å²) in [6.07, 6.45) is -0.399. The standard InChI is InChI=1S/C9H17N3O4/c1-5(14)8(11)9(16)12-6(4-13)2-3-7(10)15/h4-6,8,14H,2-3,11H2,1H3,(H2,10,15)(H,12,16)/t5-,6+,8+/m1/s1. The molecule has 16 heavy (non-hydrogen) atoms. The lowest BCUT2D eigenvalue weighted by molar-refractivity contribution is -0.127. The molecule has 6 N–H and O–H groups in total. The van der Waals surface area contributed by atoms with Crippen LogP contribution in [0.3, 0.4) is 0 Å². The van der Waals surface area contributed by atoms with Crippen LogP contribution in [0.4, 0.5) is 0 Å². The first kappa shape index (κ1) is 14.5. The quantitative estimate of drug-likeness (QED) is 0.363. The number of hydrogen-bond donors (Lipinski definition) is 4. The largest absolute Gasteiger partial charge is 0.391 e. The number of amides is 2. The molecule has 0 heterocycles. The third-order valence-electron chi connectivity index (χ3n) is 2.02. The van der Waals surface area contributed by atoms with E-state index in [1.165, 1.54) is 6.92 Å². The fourth-order valence-corrected chi connectivity index (χ4v) is 0.970. The van der Waals surface area contributed by atoms with Crippen molar-refractivity contribution < 1.29 is 19.5 Å². The number of carbonyl (C=O) groups excluding carboxylic acids is 3. The van der Waals surface area contributed by atoms with Crippen molar-refractivity contribution >= 4 is 18.1 Å². The maximum Gasteiger partial charge on any atom is 0.240 e. The van der Waals surface area contributed by atoms with Crippen LogP contribution >= 0.6 is 0 Å². The number of nitrogens with two attached hydrogens (primary N) is 2. The highest BCUT2D eigenvalue weighted by Crippen LogP contribution is 1.96. The first-order valence-electron chi connectivity index (χ1n) is 4.86. The fraction of sp³-hybridized carbons (Fsp3) is 0.667. The minimum atomic E-state index is -1.10. The zero-order valence-corrected chi connectivity index (χ0v) is 9.05. The van der Waals surface area contributed by atoms with Crippen molar-refractivity contribution in [2.45, 2.75) is 38.0 Å². The van der Waals surface area contributed by atoms with E-state index in [1.807, 2.05) is 0 Å². The average Bonchev–Trinajstić information content (AvgIpc) is 2.22. The van der Waals surface area contributed by atoms with Gasteiger partial charge in [0.15, 0.2) is 0 Å². The maximum absolute atomic E-state index is 11.3. The van der Waals surface area contributed by atoms with Gasteiger partial charge in [-0.1, -0.05) is 0 Å².